The first-order valence-corrected chi connectivity index (χ1v) is 9.07. The van der Waals surface area contributed by atoms with E-state index in [0.717, 1.165) is 44.3 Å². The largest absolute Gasteiger partial charge is 0.385 e. The van der Waals surface area contributed by atoms with Crippen molar-refractivity contribution < 1.29 is 9.84 Å². The molecule has 3 aliphatic carbocycles. The molecule has 4 atom stereocenters. The van der Waals surface area contributed by atoms with Gasteiger partial charge in [-0.15, -0.1) is 0 Å². The summed E-state index contributed by atoms with van der Waals surface area (Å²) in [5.41, 5.74) is 3.54. The third-order valence-corrected chi connectivity index (χ3v) is 7.34. The molecule has 0 aromatic rings. The van der Waals surface area contributed by atoms with Crippen LogP contribution in [0.2, 0.25) is 0 Å². The van der Waals surface area contributed by atoms with Gasteiger partial charge in [0.25, 0.3) is 0 Å². The third-order valence-electron chi connectivity index (χ3n) is 7.34. The summed E-state index contributed by atoms with van der Waals surface area (Å²) in [5.74, 6) is 0.593. The zero-order valence-electron chi connectivity index (χ0n) is 14.4. The fourth-order valence-electron chi connectivity index (χ4n) is 6.13. The first kappa shape index (κ1) is 15.0. The molecule has 3 fully saturated rings. The monoisotopic (exact) mass is 302 g/mol. The summed E-state index contributed by atoms with van der Waals surface area (Å²) in [4.78, 5) is 0. The van der Waals surface area contributed by atoms with Crippen molar-refractivity contribution >= 4 is 0 Å². The van der Waals surface area contributed by atoms with Crippen molar-refractivity contribution in [2.75, 3.05) is 6.61 Å². The molecule has 1 N–H and O–H groups in total. The summed E-state index contributed by atoms with van der Waals surface area (Å²) in [6.07, 6.45) is 7.69. The SMILES string of the molecule is C=C1CCCC23COC(C2)C2=C(C(C)C)CCC2(C)CC13O. The fraction of sp³-hybridized carbons (Fsp3) is 0.800. The number of fused-ring (bicyclic) bond motifs is 3. The van der Waals surface area contributed by atoms with E-state index < -0.39 is 5.60 Å². The minimum absolute atomic E-state index is 0.0740. The standard InChI is InChI=1S/C20H30O2/c1-13(2)15-7-9-18(4)11-20(21)14(3)6-5-8-19(20)10-16(17(15)18)22-12-19/h13,16,21H,3,5-12H2,1-2,4H3. The van der Waals surface area contributed by atoms with E-state index in [4.69, 9.17) is 4.74 Å². The number of allylic oxidation sites excluding steroid dienone is 1. The number of aliphatic hydroxyl groups is 1. The number of ether oxygens (including phenoxy) is 1. The smallest absolute Gasteiger partial charge is 0.0941 e. The van der Waals surface area contributed by atoms with Gasteiger partial charge in [0.1, 0.15) is 0 Å². The molecule has 0 aromatic heterocycles. The molecule has 122 valence electrons. The maximum atomic E-state index is 11.8. The zero-order valence-corrected chi connectivity index (χ0v) is 14.4. The van der Waals surface area contributed by atoms with E-state index in [1.807, 2.05) is 0 Å². The second-order valence-electron chi connectivity index (χ2n) is 8.93. The number of hydrogen-bond acceptors (Lipinski definition) is 2. The van der Waals surface area contributed by atoms with Crippen LogP contribution in [-0.2, 0) is 4.74 Å². The van der Waals surface area contributed by atoms with Crippen LogP contribution in [0.1, 0.15) is 65.7 Å². The average molecular weight is 302 g/mol. The fourth-order valence-corrected chi connectivity index (χ4v) is 6.13. The Kier molecular flexibility index (Phi) is 3.05. The van der Waals surface area contributed by atoms with Gasteiger partial charge in [-0.2, -0.15) is 0 Å². The van der Waals surface area contributed by atoms with Gasteiger partial charge in [0, 0.05) is 5.41 Å². The minimum atomic E-state index is -0.719. The molecule has 2 saturated carbocycles. The Bertz CT molecular complexity index is 560. The molecule has 0 radical (unpaired) electrons. The summed E-state index contributed by atoms with van der Waals surface area (Å²) < 4.78 is 6.33. The highest BCUT2D eigenvalue weighted by Gasteiger charge is 2.64. The summed E-state index contributed by atoms with van der Waals surface area (Å²) in [7, 11) is 0. The van der Waals surface area contributed by atoms with Crippen molar-refractivity contribution in [1.82, 2.24) is 0 Å². The van der Waals surface area contributed by atoms with Crippen LogP contribution in [0.25, 0.3) is 0 Å². The first-order valence-electron chi connectivity index (χ1n) is 9.07. The zero-order chi connectivity index (χ0) is 15.8. The van der Waals surface area contributed by atoms with Crippen LogP contribution in [0.5, 0.6) is 0 Å². The lowest BCUT2D eigenvalue weighted by molar-refractivity contribution is -0.103. The molecule has 4 unspecified atom stereocenters. The molecule has 2 bridgehead atoms. The molecule has 22 heavy (non-hydrogen) atoms. The van der Waals surface area contributed by atoms with Crippen molar-refractivity contribution in [3.63, 3.8) is 0 Å². The Labute approximate surface area is 134 Å². The first-order chi connectivity index (χ1) is 10.3. The van der Waals surface area contributed by atoms with E-state index in [1.54, 1.807) is 11.1 Å². The third kappa shape index (κ3) is 1.69. The summed E-state index contributed by atoms with van der Waals surface area (Å²) >= 11 is 0. The van der Waals surface area contributed by atoms with E-state index >= 15 is 0 Å². The van der Waals surface area contributed by atoms with Crippen LogP contribution in [0.4, 0.5) is 0 Å². The highest BCUT2D eigenvalue weighted by Crippen LogP contribution is 2.65. The quantitative estimate of drug-likeness (QED) is 0.728. The topological polar surface area (TPSA) is 29.5 Å². The van der Waals surface area contributed by atoms with E-state index in [9.17, 15) is 5.11 Å². The maximum absolute atomic E-state index is 11.8. The van der Waals surface area contributed by atoms with Gasteiger partial charge in [0.15, 0.2) is 0 Å². The highest BCUT2D eigenvalue weighted by molar-refractivity contribution is 5.40. The lowest BCUT2D eigenvalue weighted by Crippen LogP contribution is -2.54. The number of hydrogen-bond donors (Lipinski definition) is 1. The average Bonchev–Trinajstić information content (AvgIpc) is 2.97. The van der Waals surface area contributed by atoms with Crippen molar-refractivity contribution in [1.29, 1.82) is 0 Å². The van der Waals surface area contributed by atoms with E-state index in [0.29, 0.717) is 5.92 Å². The van der Waals surface area contributed by atoms with Crippen LogP contribution in [0, 0.1) is 16.7 Å². The molecule has 1 spiro atoms. The van der Waals surface area contributed by atoms with Gasteiger partial charge in [0.05, 0.1) is 18.3 Å². The molecule has 1 heterocycles. The minimum Gasteiger partial charge on any atom is -0.385 e. The Morgan fingerprint density at radius 2 is 2.05 bits per heavy atom. The lowest BCUT2D eigenvalue weighted by atomic mass is 9.57. The molecule has 2 heteroatoms. The summed E-state index contributed by atoms with van der Waals surface area (Å²) in [6, 6.07) is 0. The van der Waals surface area contributed by atoms with Crippen molar-refractivity contribution in [3.05, 3.63) is 23.3 Å². The molecular weight excluding hydrogens is 272 g/mol. The second kappa shape index (κ2) is 4.48. The van der Waals surface area contributed by atoms with Gasteiger partial charge in [-0.25, -0.2) is 0 Å². The van der Waals surface area contributed by atoms with Crippen molar-refractivity contribution in [2.45, 2.75) is 77.4 Å². The van der Waals surface area contributed by atoms with Crippen LogP contribution in [0.3, 0.4) is 0 Å². The highest BCUT2D eigenvalue weighted by atomic mass is 16.5. The Hall–Kier alpha value is -0.600. The molecule has 2 nitrogen and oxygen atoms in total. The van der Waals surface area contributed by atoms with Gasteiger partial charge in [0.2, 0.25) is 0 Å². The molecular formula is C20H30O2. The van der Waals surface area contributed by atoms with Crippen molar-refractivity contribution in [3.8, 4) is 0 Å². The van der Waals surface area contributed by atoms with Gasteiger partial charge in [-0.1, -0.05) is 32.9 Å². The van der Waals surface area contributed by atoms with E-state index in [1.165, 1.54) is 12.8 Å². The molecule has 4 rings (SSSR count). The van der Waals surface area contributed by atoms with Gasteiger partial charge in [-0.3, -0.25) is 0 Å². The summed E-state index contributed by atoms with van der Waals surface area (Å²) in [5, 5.41) is 11.8. The van der Waals surface area contributed by atoms with Crippen molar-refractivity contribution in [2.24, 2.45) is 16.7 Å². The van der Waals surface area contributed by atoms with Gasteiger partial charge >= 0.3 is 0 Å². The molecule has 1 saturated heterocycles. The van der Waals surface area contributed by atoms with Crippen LogP contribution in [-0.4, -0.2) is 23.4 Å². The Balaban J connectivity index is 1.88. The van der Waals surface area contributed by atoms with E-state index in [2.05, 4.69) is 27.4 Å². The van der Waals surface area contributed by atoms with Crippen LogP contribution < -0.4 is 0 Å². The molecule has 0 amide bonds. The maximum Gasteiger partial charge on any atom is 0.0941 e. The summed E-state index contributed by atoms with van der Waals surface area (Å²) in [6.45, 7) is 12.0. The Morgan fingerprint density at radius 3 is 2.77 bits per heavy atom. The predicted molar refractivity (Wildman–Crippen MR) is 88.6 cm³/mol. The second-order valence-corrected chi connectivity index (χ2v) is 8.93. The van der Waals surface area contributed by atoms with Crippen LogP contribution in [0.15, 0.2) is 23.3 Å². The van der Waals surface area contributed by atoms with E-state index in [-0.39, 0.29) is 16.9 Å². The molecule has 4 aliphatic rings. The molecule has 1 aliphatic heterocycles. The molecule has 0 aromatic carbocycles. The van der Waals surface area contributed by atoms with Crippen LogP contribution >= 0.6 is 0 Å². The lowest BCUT2D eigenvalue weighted by Gasteiger charge is -2.51. The number of rotatable bonds is 1. The predicted octanol–water partition coefficient (Wildman–Crippen LogP) is 4.39. The normalized spacial score (nSPS) is 47.7. The van der Waals surface area contributed by atoms with Gasteiger partial charge < -0.3 is 9.84 Å². The van der Waals surface area contributed by atoms with Gasteiger partial charge in [-0.05, 0) is 67.4 Å². The Morgan fingerprint density at radius 1 is 1.27 bits per heavy atom.